The molecule has 2 heterocycles. The maximum atomic E-state index is 5.92. The van der Waals surface area contributed by atoms with Gasteiger partial charge in [-0.3, -0.25) is 9.89 Å². The monoisotopic (exact) mass is 480 g/mol. The molecule has 0 spiro atoms. The van der Waals surface area contributed by atoms with E-state index in [0.717, 1.165) is 64.2 Å². The molecule has 7 heteroatoms. The smallest absolute Gasteiger partial charge is 0.191 e. The maximum Gasteiger partial charge on any atom is 0.191 e. The minimum Gasteiger partial charge on any atom is -0.381 e. The maximum absolute atomic E-state index is 5.92. The van der Waals surface area contributed by atoms with Gasteiger partial charge >= 0.3 is 0 Å². The van der Waals surface area contributed by atoms with E-state index in [4.69, 9.17) is 9.47 Å². The Morgan fingerprint density at radius 1 is 1.15 bits per heavy atom. The zero-order chi connectivity index (χ0) is 17.3. The average Bonchev–Trinajstić information content (AvgIpc) is 3.33. The number of nitrogens with zero attached hydrogens (tertiary/aromatic N) is 2. The molecule has 1 atom stereocenters. The number of likely N-dealkylation sites (tertiary alicyclic amines) is 1. The molecule has 0 bridgehead atoms. The predicted molar refractivity (Wildman–Crippen MR) is 117 cm³/mol. The summed E-state index contributed by atoms with van der Waals surface area (Å²) in [5, 5.41) is 7.03. The largest absolute Gasteiger partial charge is 0.381 e. The van der Waals surface area contributed by atoms with Gasteiger partial charge < -0.3 is 20.1 Å². The van der Waals surface area contributed by atoms with Crippen molar-refractivity contribution in [2.75, 3.05) is 46.5 Å². The molecule has 0 aromatic carbocycles. The van der Waals surface area contributed by atoms with Gasteiger partial charge in [0.15, 0.2) is 5.96 Å². The summed E-state index contributed by atoms with van der Waals surface area (Å²) in [7, 11) is 1.86. The Bertz CT molecular complexity index is 412. The van der Waals surface area contributed by atoms with E-state index in [-0.39, 0.29) is 24.0 Å². The molecule has 0 radical (unpaired) electrons. The standard InChI is InChI=1S/C19H36N4O2.HI/c1-20-19(21-10-4-12-25-18-8-13-24-14-9-18)22-16-7-11-23(15-16)17-5-2-3-6-17;/h16-18H,2-15H2,1H3,(H2,20,21,22);1H. The summed E-state index contributed by atoms with van der Waals surface area (Å²) in [5.41, 5.74) is 0. The molecular formula is C19H37IN4O2. The Hall–Kier alpha value is -0.120. The van der Waals surface area contributed by atoms with Crippen LogP contribution in [0.15, 0.2) is 4.99 Å². The van der Waals surface area contributed by atoms with Crippen LogP contribution >= 0.6 is 24.0 Å². The first-order chi connectivity index (χ1) is 12.3. The second-order valence-electron chi connectivity index (χ2n) is 7.60. The van der Waals surface area contributed by atoms with Crippen LogP contribution in [0.2, 0.25) is 0 Å². The van der Waals surface area contributed by atoms with Gasteiger partial charge in [-0.1, -0.05) is 12.8 Å². The minimum absolute atomic E-state index is 0. The highest BCUT2D eigenvalue weighted by atomic mass is 127. The number of halogens is 1. The van der Waals surface area contributed by atoms with Crippen LogP contribution in [0.25, 0.3) is 0 Å². The summed E-state index contributed by atoms with van der Waals surface area (Å²) in [4.78, 5) is 7.06. The molecule has 0 amide bonds. The van der Waals surface area contributed by atoms with E-state index in [1.807, 2.05) is 7.05 Å². The van der Waals surface area contributed by atoms with Crippen molar-refractivity contribution in [2.45, 2.75) is 69.6 Å². The second-order valence-corrected chi connectivity index (χ2v) is 7.60. The van der Waals surface area contributed by atoms with E-state index in [1.54, 1.807) is 0 Å². The van der Waals surface area contributed by atoms with Crippen molar-refractivity contribution in [2.24, 2.45) is 4.99 Å². The first-order valence-corrected chi connectivity index (χ1v) is 10.3. The Morgan fingerprint density at radius 3 is 2.65 bits per heavy atom. The van der Waals surface area contributed by atoms with E-state index >= 15 is 0 Å². The van der Waals surface area contributed by atoms with Gasteiger partial charge in [0.1, 0.15) is 0 Å². The lowest BCUT2D eigenvalue weighted by Gasteiger charge is -2.24. The van der Waals surface area contributed by atoms with Gasteiger partial charge in [-0.2, -0.15) is 0 Å². The molecule has 3 fully saturated rings. The van der Waals surface area contributed by atoms with Crippen LogP contribution in [0.1, 0.15) is 51.4 Å². The van der Waals surface area contributed by atoms with Crippen LogP contribution in [0.5, 0.6) is 0 Å². The van der Waals surface area contributed by atoms with Crippen molar-refractivity contribution in [1.29, 1.82) is 0 Å². The number of rotatable bonds is 7. The van der Waals surface area contributed by atoms with E-state index in [0.29, 0.717) is 12.1 Å². The van der Waals surface area contributed by atoms with Gasteiger partial charge in [0.25, 0.3) is 0 Å². The van der Waals surface area contributed by atoms with Crippen molar-refractivity contribution < 1.29 is 9.47 Å². The van der Waals surface area contributed by atoms with Crippen molar-refractivity contribution in [3.63, 3.8) is 0 Å². The third-order valence-electron chi connectivity index (χ3n) is 5.76. The molecule has 152 valence electrons. The summed E-state index contributed by atoms with van der Waals surface area (Å²) in [6.07, 6.45) is 10.3. The molecule has 3 aliphatic rings. The lowest BCUT2D eigenvalue weighted by Crippen LogP contribution is -2.45. The van der Waals surface area contributed by atoms with Crippen LogP contribution in [-0.4, -0.2) is 75.5 Å². The zero-order valence-electron chi connectivity index (χ0n) is 16.3. The van der Waals surface area contributed by atoms with Crippen molar-refractivity contribution in [3.05, 3.63) is 0 Å². The molecule has 1 saturated carbocycles. The summed E-state index contributed by atoms with van der Waals surface area (Å²) in [6.45, 7) is 5.81. The predicted octanol–water partition coefficient (Wildman–Crippen LogP) is 2.37. The second kappa shape index (κ2) is 12.4. The highest BCUT2D eigenvalue weighted by Gasteiger charge is 2.30. The zero-order valence-corrected chi connectivity index (χ0v) is 18.6. The average molecular weight is 480 g/mol. The lowest BCUT2D eigenvalue weighted by atomic mass is 10.1. The van der Waals surface area contributed by atoms with Crippen LogP contribution in [0.4, 0.5) is 0 Å². The first kappa shape index (κ1) is 22.2. The third-order valence-corrected chi connectivity index (χ3v) is 5.76. The number of hydrogen-bond acceptors (Lipinski definition) is 4. The van der Waals surface area contributed by atoms with Gasteiger partial charge in [0.05, 0.1) is 6.10 Å². The van der Waals surface area contributed by atoms with Gasteiger partial charge in [-0.25, -0.2) is 0 Å². The number of nitrogens with one attached hydrogen (secondary N) is 2. The van der Waals surface area contributed by atoms with Crippen molar-refractivity contribution in [3.8, 4) is 0 Å². The Labute approximate surface area is 175 Å². The fourth-order valence-corrected chi connectivity index (χ4v) is 4.27. The Balaban J connectivity index is 0.00000243. The number of hydrogen-bond donors (Lipinski definition) is 2. The van der Waals surface area contributed by atoms with Gasteiger partial charge in [0.2, 0.25) is 0 Å². The molecule has 1 unspecified atom stereocenters. The van der Waals surface area contributed by atoms with E-state index in [9.17, 15) is 0 Å². The quantitative estimate of drug-likeness (QED) is 0.254. The van der Waals surface area contributed by atoms with E-state index < -0.39 is 0 Å². The molecule has 0 aromatic heterocycles. The highest BCUT2D eigenvalue weighted by molar-refractivity contribution is 14.0. The number of ether oxygens (including phenoxy) is 2. The molecule has 0 aromatic rings. The van der Waals surface area contributed by atoms with Crippen LogP contribution in [-0.2, 0) is 9.47 Å². The van der Waals surface area contributed by atoms with Gasteiger partial charge in [0, 0.05) is 58.6 Å². The van der Waals surface area contributed by atoms with E-state index in [2.05, 4.69) is 20.5 Å². The lowest BCUT2D eigenvalue weighted by molar-refractivity contribution is -0.0320. The van der Waals surface area contributed by atoms with Crippen molar-refractivity contribution in [1.82, 2.24) is 15.5 Å². The molecule has 2 saturated heterocycles. The Morgan fingerprint density at radius 2 is 1.92 bits per heavy atom. The molecule has 6 nitrogen and oxygen atoms in total. The summed E-state index contributed by atoms with van der Waals surface area (Å²) in [5.74, 6) is 0.935. The molecule has 2 N–H and O–H groups in total. The summed E-state index contributed by atoms with van der Waals surface area (Å²) in [6, 6.07) is 1.37. The minimum atomic E-state index is 0. The fraction of sp³-hybridized carbons (Fsp3) is 0.947. The molecular weight excluding hydrogens is 443 g/mol. The summed E-state index contributed by atoms with van der Waals surface area (Å²) >= 11 is 0. The van der Waals surface area contributed by atoms with Gasteiger partial charge in [-0.05, 0) is 38.5 Å². The van der Waals surface area contributed by atoms with Crippen molar-refractivity contribution >= 4 is 29.9 Å². The molecule has 26 heavy (non-hydrogen) atoms. The summed E-state index contributed by atoms with van der Waals surface area (Å²) < 4.78 is 11.3. The van der Waals surface area contributed by atoms with Crippen LogP contribution < -0.4 is 10.6 Å². The molecule has 3 rings (SSSR count). The first-order valence-electron chi connectivity index (χ1n) is 10.3. The topological polar surface area (TPSA) is 58.1 Å². The van der Waals surface area contributed by atoms with Gasteiger partial charge in [-0.15, -0.1) is 24.0 Å². The Kier molecular flexibility index (Phi) is 10.5. The molecule has 2 aliphatic heterocycles. The normalized spacial score (nSPS) is 26.0. The molecule has 1 aliphatic carbocycles. The number of aliphatic imine (C=N–C) groups is 1. The van der Waals surface area contributed by atoms with Crippen LogP contribution in [0.3, 0.4) is 0 Å². The van der Waals surface area contributed by atoms with E-state index in [1.165, 1.54) is 38.6 Å². The van der Waals surface area contributed by atoms with Crippen LogP contribution in [0, 0.1) is 0 Å². The fourth-order valence-electron chi connectivity index (χ4n) is 4.27. The SMILES string of the molecule is CN=C(NCCCOC1CCOCC1)NC1CCN(C2CCCC2)C1.I. The highest BCUT2D eigenvalue weighted by Crippen LogP contribution is 2.26. The number of guanidine groups is 1. The third kappa shape index (κ3) is 7.13.